The first-order chi connectivity index (χ1) is 16.1. The van der Waals surface area contributed by atoms with Crippen molar-refractivity contribution >= 4 is 6.16 Å². The molecule has 0 heterocycles. The van der Waals surface area contributed by atoms with Gasteiger partial charge in [-0.2, -0.15) is 0 Å². The zero-order valence-corrected chi connectivity index (χ0v) is 26.7. The van der Waals surface area contributed by atoms with E-state index in [0.717, 1.165) is 25.7 Å². The van der Waals surface area contributed by atoms with Gasteiger partial charge in [-0.25, -0.2) is 4.79 Å². The maximum absolute atomic E-state index is 12.8. The molecule has 2 aliphatic carbocycles. The highest BCUT2D eigenvalue weighted by Gasteiger charge is 2.53. The molecule has 3 nitrogen and oxygen atoms in total. The predicted octanol–water partition coefficient (Wildman–Crippen LogP) is 10.5. The van der Waals surface area contributed by atoms with Crippen LogP contribution in [-0.2, 0) is 9.47 Å². The van der Waals surface area contributed by atoms with Crippen molar-refractivity contribution in [1.82, 2.24) is 0 Å². The largest absolute Gasteiger partial charge is 0.508 e. The van der Waals surface area contributed by atoms with Crippen molar-refractivity contribution in [2.24, 2.45) is 44.3 Å². The van der Waals surface area contributed by atoms with Crippen LogP contribution in [0.3, 0.4) is 0 Å². The maximum atomic E-state index is 12.8. The molecule has 0 aromatic heterocycles. The molecule has 2 saturated carbocycles. The van der Waals surface area contributed by atoms with Crippen LogP contribution in [0.5, 0.6) is 0 Å². The van der Waals surface area contributed by atoms with Crippen LogP contribution in [0.1, 0.15) is 148 Å². The topological polar surface area (TPSA) is 35.5 Å². The Bertz CT molecular complexity index is 627. The van der Waals surface area contributed by atoms with Gasteiger partial charge in [-0.1, -0.05) is 83.1 Å². The number of hydrogen-bond acceptors (Lipinski definition) is 3. The first-order valence-corrected chi connectivity index (χ1v) is 15.0. The van der Waals surface area contributed by atoms with Gasteiger partial charge in [0.25, 0.3) is 0 Å². The fourth-order valence-electron chi connectivity index (χ4n) is 8.98. The summed E-state index contributed by atoms with van der Waals surface area (Å²) in [5, 5.41) is 0. The summed E-state index contributed by atoms with van der Waals surface area (Å²) in [6, 6.07) is 0. The third kappa shape index (κ3) is 6.12. The van der Waals surface area contributed by atoms with E-state index >= 15 is 0 Å². The molecule has 0 aromatic carbocycles. The van der Waals surface area contributed by atoms with Crippen LogP contribution in [0.2, 0.25) is 0 Å². The van der Waals surface area contributed by atoms with E-state index in [1.165, 1.54) is 25.7 Å². The molecule has 2 atom stereocenters. The van der Waals surface area contributed by atoms with E-state index < -0.39 is 6.16 Å². The van der Waals surface area contributed by atoms with E-state index in [2.05, 4.69) is 96.9 Å². The molecule has 36 heavy (non-hydrogen) atoms. The molecule has 0 spiro atoms. The zero-order chi connectivity index (χ0) is 28.0. The summed E-state index contributed by atoms with van der Waals surface area (Å²) in [6.07, 6.45) is 8.56. The SMILES string of the molecule is CC(OC(=O)OC(C)C1CCC(C(C)(C)C)(C(C)(C)C)CC1)C1CCC(C(C)(C)C)(C(C)(C)C)CC1. The van der Waals surface area contributed by atoms with E-state index in [1.54, 1.807) is 0 Å². The molecule has 0 aliphatic heterocycles. The number of rotatable bonds is 4. The monoisotopic (exact) mass is 506 g/mol. The van der Waals surface area contributed by atoms with Crippen molar-refractivity contribution in [2.45, 2.75) is 161 Å². The molecule has 2 rings (SSSR count). The Balaban J connectivity index is 1.91. The summed E-state index contributed by atoms with van der Waals surface area (Å²) < 4.78 is 11.8. The van der Waals surface area contributed by atoms with E-state index in [9.17, 15) is 4.79 Å². The smallest absolute Gasteiger partial charge is 0.431 e. The Morgan fingerprint density at radius 3 is 0.972 bits per heavy atom. The minimum absolute atomic E-state index is 0.0941. The van der Waals surface area contributed by atoms with E-state index in [0.29, 0.717) is 22.7 Å². The molecule has 212 valence electrons. The molecule has 0 aromatic rings. The zero-order valence-electron chi connectivity index (χ0n) is 26.7. The van der Waals surface area contributed by atoms with Gasteiger partial charge < -0.3 is 9.47 Å². The Hall–Kier alpha value is -0.730. The third-order valence-corrected chi connectivity index (χ3v) is 11.4. The van der Waals surface area contributed by atoms with Gasteiger partial charge in [-0.3, -0.25) is 0 Å². The van der Waals surface area contributed by atoms with Gasteiger partial charge in [0, 0.05) is 0 Å². The van der Waals surface area contributed by atoms with Gasteiger partial charge in [0.15, 0.2) is 0 Å². The van der Waals surface area contributed by atoms with Crippen LogP contribution in [0.4, 0.5) is 4.79 Å². The van der Waals surface area contributed by atoms with Gasteiger partial charge in [-0.05, 0) is 110 Å². The summed E-state index contributed by atoms with van der Waals surface area (Å²) in [5.74, 6) is 0.832. The standard InChI is InChI=1S/C33H62O3/c1-23(25-15-19-32(20-16-25,28(3,4)5)29(6,7)8)35-27(34)36-24(2)26-17-21-33(22-18-26,30(9,10)11)31(12,13)14/h23-26H,15-22H2,1-14H3. The Morgan fingerprint density at radius 2 is 0.778 bits per heavy atom. The molecule has 0 amide bonds. The van der Waals surface area contributed by atoms with Crippen LogP contribution < -0.4 is 0 Å². The number of carbonyl (C=O) groups is 1. The van der Waals surface area contributed by atoms with Crippen LogP contribution in [0, 0.1) is 44.3 Å². The van der Waals surface area contributed by atoms with Crippen LogP contribution in [0.15, 0.2) is 0 Å². The molecule has 2 aliphatic rings. The third-order valence-electron chi connectivity index (χ3n) is 11.4. The number of ether oxygens (including phenoxy) is 2. The Morgan fingerprint density at radius 1 is 0.556 bits per heavy atom. The summed E-state index contributed by atoms with van der Waals surface area (Å²) >= 11 is 0. The summed E-state index contributed by atoms with van der Waals surface area (Å²) in [4.78, 5) is 12.8. The molecule has 2 fully saturated rings. The van der Waals surface area contributed by atoms with Gasteiger partial charge in [0.1, 0.15) is 12.2 Å². The lowest BCUT2D eigenvalue weighted by atomic mass is 9.48. The Labute approximate surface area is 225 Å². The van der Waals surface area contributed by atoms with E-state index in [1.807, 2.05) is 0 Å². The first-order valence-electron chi connectivity index (χ1n) is 15.0. The van der Waals surface area contributed by atoms with Crippen molar-refractivity contribution in [1.29, 1.82) is 0 Å². The Kier molecular flexibility index (Phi) is 9.13. The molecule has 0 radical (unpaired) electrons. The van der Waals surface area contributed by atoms with Crippen molar-refractivity contribution in [2.75, 3.05) is 0 Å². The second kappa shape index (κ2) is 10.4. The number of carbonyl (C=O) groups excluding carboxylic acids is 1. The molecule has 0 N–H and O–H groups in total. The molecular weight excluding hydrogens is 444 g/mol. The molecule has 0 saturated heterocycles. The van der Waals surface area contributed by atoms with Crippen molar-refractivity contribution in [3.63, 3.8) is 0 Å². The van der Waals surface area contributed by atoms with Gasteiger partial charge in [0.2, 0.25) is 0 Å². The van der Waals surface area contributed by atoms with E-state index in [4.69, 9.17) is 9.47 Å². The lowest BCUT2D eigenvalue weighted by molar-refractivity contribution is -0.0995. The van der Waals surface area contributed by atoms with Crippen LogP contribution in [-0.4, -0.2) is 18.4 Å². The summed E-state index contributed by atoms with van der Waals surface area (Å²) in [7, 11) is 0. The molecule has 3 heteroatoms. The second-order valence-corrected chi connectivity index (χ2v) is 16.7. The highest BCUT2D eigenvalue weighted by molar-refractivity contribution is 5.60. The lowest BCUT2D eigenvalue weighted by Gasteiger charge is -2.57. The molecule has 2 unspecified atom stereocenters. The molecule has 0 bridgehead atoms. The van der Waals surface area contributed by atoms with E-state index in [-0.39, 0.29) is 33.9 Å². The predicted molar refractivity (Wildman–Crippen MR) is 153 cm³/mol. The highest BCUT2D eigenvalue weighted by atomic mass is 16.7. The average molecular weight is 507 g/mol. The average Bonchev–Trinajstić information content (AvgIpc) is 2.70. The van der Waals surface area contributed by atoms with Crippen LogP contribution in [0.25, 0.3) is 0 Å². The van der Waals surface area contributed by atoms with Crippen molar-refractivity contribution < 1.29 is 14.3 Å². The summed E-state index contributed by atoms with van der Waals surface area (Å²) in [5.41, 5.74) is 1.64. The maximum Gasteiger partial charge on any atom is 0.508 e. The fourth-order valence-corrected chi connectivity index (χ4v) is 8.98. The quantitative estimate of drug-likeness (QED) is 0.356. The second-order valence-electron chi connectivity index (χ2n) is 16.7. The summed E-state index contributed by atoms with van der Waals surface area (Å²) in [6.45, 7) is 32.9. The van der Waals surface area contributed by atoms with Crippen molar-refractivity contribution in [3.8, 4) is 0 Å². The lowest BCUT2D eigenvalue weighted by Crippen LogP contribution is -2.49. The van der Waals surface area contributed by atoms with Gasteiger partial charge in [0.05, 0.1) is 0 Å². The van der Waals surface area contributed by atoms with Gasteiger partial charge >= 0.3 is 6.16 Å². The molecular formula is C33H62O3. The highest BCUT2D eigenvalue weighted by Crippen LogP contribution is 2.62. The first kappa shape index (κ1) is 31.5. The van der Waals surface area contributed by atoms with Crippen molar-refractivity contribution in [3.05, 3.63) is 0 Å². The minimum atomic E-state index is -0.470. The normalized spacial score (nSPS) is 24.2. The van der Waals surface area contributed by atoms with Gasteiger partial charge in [-0.15, -0.1) is 0 Å². The number of hydrogen-bond donors (Lipinski definition) is 0. The van der Waals surface area contributed by atoms with Crippen LogP contribution >= 0.6 is 0 Å². The fraction of sp³-hybridized carbons (Fsp3) is 0.970. The minimum Gasteiger partial charge on any atom is -0.431 e.